The third-order valence-electron chi connectivity index (χ3n) is 1.63. The molecule has 2 N–H and O–H groups in total. The smallest absolute Gasteiger partial charge is 0.426 e. The summed E-state index contributed by atoms with van der Waals surface area (Å²) in [7, 11) is 0. The fourth-order valence-electron chi connectivity index (χ4n) is 1.02. The molecule has 0 bridgehead atoms. The van der Waals surface area contributed by atoms with Crippen molar-refractivity contribution in [1.29, 1.82) is 0 Å². The summed E-state index contributed by atoms with van der Waals surface area (Å²) in [4.78, 5) is 11.4. The number of nitrogens with one attached hydrogen (secondary N) is 2. The molecule has 1 rings (SSSR count). The Morgan fingerprint density at radius 3 is 2.65 bits per heavy atom. The van der Waals surface area contributed by atoms with Gasteiger partial charge in [0, 0.05) is 9.50 Å². The molecule has 0 unspecified atom stereocenters. The lowest BCUT2D eigenvalue weighted by Crippen LogP contribution is -2.35. The maximum absolute atomic E-state index is 11.4. The van der Waals surface area contributed by atoms with Gasteiger partial charge in [-0.05, 0) is 54.9 Å². The number of carbonyl (C=O) groups is 1. The maximum Gasteiger partial charge on any atom is 0.426 e. The summed E-state index contributed by atoms with van der Waals surface area (Å²) in [6.45, 7) is 5.38. The van der Waals surface area contributed by atoms with Crippen molar-refractivity contribution in [3.8, 4) is 0 Å². The van der Waals surface area contributed by atoms with E-state index in [1.54, 1.807) is 39.0 Å². The van der Waals surface area contributed by atoms with Crippen molar-refractivity contribution in [2.75, 3.05) is 5.43 Å². The first-order valence-corrected chi connectivity index (χ1v) is 6.15. The number of hydrazine groups is 1. The van der Waals surface area contributed by atoms with Crippen molar-refractivity contribution >= 4 is 39.3 Å². The fourth-order valence-corrected chi connectivity index (χ4v) is 1.53. The average Bonchev–Trinajstić information content (AvgIpc) is 2.17. The summed E-state index contributed by atoms with van der Waals surface area (Å²) in [6, 6.07) is 5.20. The standard InChI is InChI=1S/C11H14BrClN2O2/c1-11(2,3)17-10(16)15-14-9-6-7(13)4-5-8(9)12/h4-6,14H,1-3H3,(H,15,16). The summed E-state index contributed by atoms with van der Waals surface area (Å²) < 4.78 is 5.86. The molecule has 0 saturated heterocycles. The van der Waals surface area contributed by atoms with Crippen LogP contribution in [0.1, 0.15) is 20.8 Å². The van der Waals surface area contributed by atoms with Gasteiger partial charge in [-0.3, -0.25) is 5.43 Å². The Hall–Kier alpha value is -0.940. The van der Waals surface area contributed by atoms with Gasteiger partial charge in [0.05, 0.1) is 5.69 Å². The Balaban J connectivity index is 2.56. The zero-order valence-electron chi connectivity index (χ0n) is 9.80. The molecule has 0 aromatic heterocycles. The molecule has 1 amide bonds. The van der Waals surface area contributed by atoms with Gasteiger partial charge in [0.15, 0.2) is 0 Å². The third kappa shape index (κ3) is 5.28. The number of amides is 1. The molecular formula is C11H14BrClN2O2. The van der Waals surface area contributed by atoms with E-state index in [2.05, 4.69) is 26.8 Å². The molecular weight excluding hydrogens is 307 g/mol. The largest absolute Gasteiger partial charge is 0.443 e. The normalized spacial score (nSPS) is 10.9. The molecule has 17 heavy (non-hydrogen) atoms. The minimum atomic E-state index is -0.552. The van der Waals surface area contributed by atoms with Crippen LogP contribution in [-0.4, -0.2) is 11.7 Å². The molecule has 1 aromatic rings. The first-order valence-electron chi connectivity index (χ1n) is 4.98. The molecule has 0 aliphatic heterocycles. The van der Waals surface area contributed by atoms with Crippen LogP contribution < -0.4 is 10.9 Å². The second-order valence-electron chi connectivity index (χ2n) is 4.38. The summed E-state index contributed by atoms with van der Waals surface area (Å²) in [6.07, 6.45) is -0.552. The number of hydrogen-bond donors (Lipinski definition) is 2. The van der Waals surface area contributed by atoms with E-state index < -0.39 is 11.7 Å². The van der Waals surface area contributed by atoms with Crippen LogP contribution in [0.4, 0.5) is 10.5 Å². The van der Waals surface area contributed by atoms with Gasteiger partial charge in [-0.2, -0.15) is 0 Å². The highest BCUT2D eigenvalue weighted by molar-refractivity contribution is 9.10. The summed E-state index contributed by atoms with van der Waals surface area (Å²) in [5.41, 5.74) is 5.27. The van der Waals surface area contributed by atoms with Crippen LogP contribution in [0.3, 0.4) is 0 Å². The van der Waals surface area contributed by atoms with Gasteiger partial charge in [0.1, 0.15) is 5.60 Å². The summed E-state index contributed by atoms with van der Waals surface area (Å²) in [5, 5.41) is 0.571. The van der Waals surface area contributed by atoms with Gasteiger partial charge in [-0.15, -0.1) is 0 Å². The minimum absolute atomic E-state index is 0.530. The number of anilines is 1. The number of hydrogen-bond acceptors (Lipinski definition) is 3. The number of halogens is 2. The Kier molecular flexibility index (Phi) is 4.65. The highest BCUT2D eigenvalue weighted by Crippen LogP contribution is 2.25. The van der Waals surface area contributed by atoms with E-state index >= 15 is 0 Å². The molecule has 0 heterocycles. The fraction of sp³-hybridized carbons (Fsp3) is 0.364. The first kappa shape index (κ1) is 14.1. The number of benzene rings is 1. The van der Waals surface area contributed by atoms with E-state index in [0.29, 0.717) is 10.7 Å². The van der Waals surface area contributed by atoms with E-state index in [0.717, 1.165) is 4.47 Å². The summed E-state index contributed by atoms with van der Waals surface area (Å²) >= 11 is 9.16. The zero-order valence-corrected chi connectivity index (χ0v) is 12.1. The first-order chi connectivity index (χ1) is 7.78. The molecule has 6 heteroatoms. The van der Waals surface area contributed by atoms with Crippen molar-refractivity contribution in [2.45, 2.75) is 26.4 Å². The van der Waals surface area contributed by atoms with Gasteiger partial charge < -0.3 is 4.74 Å². The van der Waals surface area contributed by atoms with Crippen LogP contribution in [0.25, 0.3) is 0 Å². The van der Waals surface area contributed by atoms with Crippen molar-refractivity contribution in [1.82, 2.24) is 5.43 Å². The van der Waals surface area contributed by atoms with E-state index in [1.165, 1.54) is 0 Å². The highest BCUT2D eigenvalue weighted by Gasteiger charge is 2.15. The van der Waals surface area contributed by atoms with Gasteiger partial charge in [0.25, 0.3) is 0 Å². The molecule has 0 spiro atoms. The average molecular weight is 322 g/mol. The van der Waals surface area contributed by atoms with Crippen molar-refractivity contribution in [2.24, 2.45) is 0 Å². The second kappa shape index (κ2) is 5.60. The van der Waals surface area contributed by atoms with Crippen LogP contribution >= 0.6 is 27.5 Å². The van der Waals surface area contributed by atoms with Crippen LogP contribution in [0.2, 0.25) is 5.02 Å². The lowest BCUT2D eigenvalue weighted by Gasteiger charge is -2.20. The van der Waals surface area contributed by atoms with E-state index in [9.17, 15) is 4.79 Å². The van der Waals surface area contributed by atoms with Crippen molar-refractivity contribution in [3.05, 3.63) is 27.7 Å². The number of carbonyl (C=O) groups excluding carboxylic acids is 1. The molecule has 0 radical (unpaired) electrons. The zero-order chi connectivity index (χ0) is 13.1. The van der Waals surface area contributed by atoms with Gasteiger partial charge in [-0.25, -0.2) is 10.2 Å². The Morgan fingerprint density at radius 2 is 2.06 bits per heavy atom. The minimum Gasteiger partial charge on any atom is -0.443 e. The van der Waals surface area contributed by atoms with E-state index in [-0.39, 0.29) is 0 Å². The number of rotatable bonds is 2. The quantitative estimate of drug-likeness (QED) is 0.811. The highest BCUT2D eigenvalue weighted by atomic mass is 79.9. The van der Waals surface area contributed by atoms with E-state index in [1.807, 2.05) is 0 Å². The van der Waals surface area contributed by atoms with Gasteiger partial charge in [-0.1, -0.05) is 11.6 Å². The van der Waals surface area contributed by atoms with Crippen LogP contribution in [-0.2, 0) is 4.74 Å². The predicted molar refractivity (Wildman–Crippen MR) is 72.1 cm³/mol. The lowest BCUT2D eigenvalue weighted by atomic mass is 10.2. The SMILES string of the molecule is CC(C)(C)OC(=O)NNc1cc(Cl)ccc1Br. The Morgan fingerprint density at radius 1 is 1.41 bits per heavy atom. The van der Waals surface area contributed by atoms with Gasteiger partial charge in [0.2, 0.25) is 0 Å². The molecule has 0 fully saturated rings. The van der Waals surface area contributed by atoms with Gasteiger partial charge >= 0.3 is 6.09 Å². The molecule has 1 aromatic carbocycles. The molecule has 4 nitrogen and oxygen atoms in total. The van der Waals surface area contributed by atoms with Crippen molar-refractivity contribution < 1.29 is 9.53 Å². The maximum atomic E-state index is 11.4. The second-order valence-corrected chi connectivity index (χ2v) is 5.67. The molecule has 0 saturated carbocycles. The van der Waals surface area contributed by atoms with Crippen LogP contribution in [0.15, 0.2) is 22.7 Å². The Bertz CT molecular complexity index is 418. The monoisotopic (exact) mass is 320 g/mol. The molecule has 0 atom stereocenters. The van der Waals surface area contributed by atoms with Crippen molar-refractivity contribution in [3.63, 3.8) is 0 Å². The van der Waals surface area contributed by atoms with Crippen LogP contribution in [0.5, 0.6) is 0 Å². The number of ether oxygens (including phenoxy) is 1. The summed E-state index contributed by atoms with van der Waals surface area (Å²) in [5.74, 6) is 0. The topological polar surface area (TPSA) is 50.4 Å². The lowest BCUT2D eigenvalue weighted by molar-refractivity contribution is 0.0541. The van der Waals surface area contributed by atoms with Crippen LogP contribution in [0, 0.1) is 0 Å². The molecule has 0 aliphatic carbocycles. The third-order valence-corrected chi connectivity index (χ3v) is 2.55. The predicted octanol–water partition coefficient (Wildman–Crippen LogP) is 3.95. The Labute approximate surface area is 114 Å². The molecule has 0 aliphatic rings. The molecule has 94 valence electrons. The van der Waals surface area contributed by atoms with E-state index in [4.69, 9.17) is 16.3 Å².